The molecule has 0 rings (SSSR count). The van der Waals surface area contributed by atoms with Gasteiger partial charge in [-0.3, -0.25) is 0 Å². The van der Waals surface area contributed by atoms with Crippen molar-refractivity contribution < 1.29 is 9.84 Å². The fraction of sp³-hybridized carbons (Fsp3) is 1.00. The SMILES string of the molecule is CC.NCCOCCO. The van der Waals surface area contributed by atoms with Crippen LogP contribution in [-0.2, 0) is 4.74 Å². The number of aliphatic hydroxyl groups excluding tert-OH is 1. The van der Waals surface area contributed by atoms with Crippen LogP contribution < -0.4 is 5.73 Å². The lowest BCUT2D eigenvalue weighted by Gasteiger charge is -1.95. The quantitative estimate of drug-likeness (QED) is 0.533. The fourth-order valence-electron chi connectivity index (χ4n) is 0.250. The minimum Gasteiger partial charge on any atom is -0.394 e. The van der Waals surface area contributed by atoms with E-state index in [1.807, 2.05) is 13.8 Å². The first-order valence-corrected chi connectivity index (χ1v) is 3.30. The van der Waals surface area contributed by atoms with Gasteiger partial charge in [-0.1, -0.05) is 13.8 Å². The second-order valence-corrected chi connectivity index (χ2v) is 1.12. The van der Waals surface area contributed by atoms with Crippen LogP contribution >= 0.6 is 0 Å². The van der Waals surface area contributed by atoms with Gasteiger partial charge in [0.2, 0.25) is 0 Å². The van der Waals surface area contributed by atoms with Crippen LogP contribution in [0.4, 0.5) is 0 Å². The summed E-state index contributed by atoms with van der Waals surface area (Å²) < 4.78 is 4.76. The first-order valence-electron chi connectivity index (χ1n) is 3.30. The second-order valence-electron chi connectivity index (χ2n) is 1.12. The molecule has 0 aromatic heterocycles. The Balaban J connectivity index is 0. The van der Waals surface area contributed by atoms with Crippen molar-refractivity contribution in [1.29, 1.82) is 0 Å². The van der Waals surface area contributed by atoms with E-state index in [4.69, 9.17) is 15.6 Å². The molecule has 9 heavy (non-hydrogen) atoms. The number of ether oxygens (including phenoxy) is 1. The third-order valence-electron chi connectivity index (χ3n) is 0.498. The standard InChI is InChI=1S/C4H11NO2.C2H6/c5-1-3-7-4-2-6;1-2/h6H,1-5H2;1-2H3. The van der Waals surface area contributed by atoms with Crippen LogP contribution in [0.2, 0.25) is 0 Å². The van der Waals surface area contributed by atoms with Gasteiger partial charge in [-0.2, -0.15) is 0 Å². The predicted molar refractivity (Wildman–Crippen MR) is 38.3 cm³/mol. The van der Waals surface area contributed by atoms with Crippen LogP contribution in [0.25, 0.3) is 0 Å². The highest BCUT2D eigenvalue weighted by molar-refractivity contribution is 4.28. The molecular formula is C6H17NO2. The number of nitrogens with two attached hydrogens (primary N) is 1. The first-order chi connectivity index (χ1) is 4.41. The zero-order valence-corrected chi connectivity index (χ0v) is 6.26. The molecule has 0 amide bonds. The van der Waals surface area contributed by atoms with Crippen molar-refractivity contribution in [2.75, 3.05) is 26.4 Å². The minimum absolute atomic E-state index is 0.0833. The van der Waals surface area contributed by atoms with E-state index in [2.05, 4.69) is 0 Å². The maximum atomic E-state index is 8.13. The van der Waals surface area contributed by atoms with Gasteiger partial charge in [-0.05, 0) is 0 Å². The Morgan fingerprint density at radius 3 is 2.22 bits per heavy atom. The maximum absolute atomic E-state index is 8.13. The molecule has 0 aliphatic carbocycles. The summed E-state index contributed by atoms with van der Waals surface area (Å²) in [6.07, 6.45) is 0. The van der Waals surface area contributed by atoms with E-state index in [1.165, 1.54) is 0 Å². The lowest BCUT2D eigenvalue weighted by atomic mass is 10.7. The number of hydrogen-bond donors (Lipinski definition) is 2. The molecule has 0 saturated heterocycles. The highest BCUT2D eigenvalue weighted by Gasteiger charge is 1.78. The van der Waals surface area contributed by atoms with Gasteiger partial charge in [0.05, 0.1) is 19.8 Å². The van der Waals surface area contributed by atoms with Gasteiger partial charge < -0.3 is 15.6 Å². The highest BCUT2D eigenvalue weighted by atomic mass is 16.5. The van der Waals surface area contributed by atoms with E-state index in [-0.39, 0.29) is 6.61 Å². The molecule has 3 N–H and O–H groups in total. The predicted octanol–water partition coefficient (Wildman–Crippen LogP) is -0.0198. The topological polar surface area (TPSA) is 55.5 Å². The fourth-order valence-corrected chi connectivity index (χ4v) is 0.250. The summed E-state index contributed by atoms with van der Waals surface area (Å²) in [7, 11) is 0. The van der Waals surface area contributed by atoms with Crippen LogP contribution in [0, 0.1) is 0 Å². The molecule has 0 aromatic rings. The van der Waals surface area contributed by atoms with Gasteiger partial charge in [-0.15, -0.1) is 0 Å². The smallest absolute Gasteiger partial charge is 0.0698 e. The van der Waals surface area contributed by atoms with Gasteiger partial charge in [0.1, 0.15) is 0 Å². The Morgan fingerprint density at radius 2 is 1.89 bits per heavy atom. The van der Waals surface area contributed by atoms with Crippen molar-refractivity contribution in [3.63, 3.8) is 0 Å². The summed E-state index contributed by atoms with van der Waals surface area (Å²) in [5.74, 6) is 0. The number of hydrogen-bond acceptors (Lipinski definition) is 3. The molecule has 0 aliphatic rings. The molecule has 0 bridgehead atoms. The average molecular weight is 135 g/mol. The molecule has 0 saturated carbocycles. The van der Waals surface area contributed by atoms with E-state index in [0.29, 0.717) is 19.8 Å². The molecule has 0 spiro atoms. The molecule has 0 aliphatic heterocycles. The highest BCUT2D eigenvalue weighted by Crippen LogP contribution is 1.66. The lowest BCUT2D eigenvalue weighted by Crippen LogP contribution is -2.10. The Hall–Kier alpha value is -0.120. The Labute approximate surface area is 56.8 Å². The molecule has 3 nitrogen and oxygen atoms in total. The van der Waals surface area contributed by atoms with Crippen molar-refractivity contribution in [2.24, 2.45) is 5.73 Å². The van der Waals surface area contributed by atoms with Crippen molar-refractivity contribution in [3.05, 3.63) is 0 Å². The molecule has 0 radical (unpaired) electrons. The van der Waals surface area contributed by atoms with E-state index in [9.17, 15) is 0 Å². The van der Waals surface area contributed by atoms with E-state index >= 15 is 0 Å². The maximum Gasteiger partial charge on any atom is 0.0698 e. The summed E-state index contributed by atoms with van der Waals surface area (Å²) in [5.41, 5.74) is 5.06. The summed E-state index contributed by atoms with van der Waals surface area (Å²) in [4.78, 5) is 0. The van der Waals surface area contributed by atoms with Crippen LogP contribution in [0.5, 0.6) is 0 Å². The van der Waals surface area contributed by atoms with Crippen molar-refractivity contribution in [1.82, 2.24) is 0 Å². The van der Waals surface area contributed by atoms with Crippen LogP contribution in [0.15, 0.2) is 0 Å². The molecule has 0 unspecified atom stereocenters. The van der Waals surface area contributed by atoms with Gasteiger partial charge in [0.25, 0.3) is 0 Å². The number of rotatable bonds is 4. The number of aliphatic hydroxyl groups is 1. The Bertz CT molecular complexity index is 30.2. The molecule has 0 heterocycles. The van der Waals surface area contributed by atoms with Gasteiger partial charge in [0, 0.05) is 6.54 Å². The normalized spacial score (nSPS) is 8.00. The zero-order valence-electron chi connectivity index (χ0n) is 6.26. The van der Waals surface area contributed by atoms with Gasteiger partial charge in [-0.25, -0.2) is 0 Å². The van der Waals surface area contributed by atoms with Crippen molar-refractivity contribution in [3.8, 4) is 0 Å². The Morgan fingerprint density at radius 1 is 1.33 bits per heavy atom. The molecular weight excluding hydrogens is 118 g/mol. The molecule has 0 aromatic carbocycles. The molecule has 0 fully saturated rings. The molecule has 0 atom stereocenters. The van der Waals surface area contributed by atoms with Crippen molar-refractivity contribution in [2.45, 2.75) is 13.8 Å². The monoisotopic (exact) mass is 135 g/mol. The zero-order chi connectivity index (χ0) is 7.54. The molecule has 3 heteroatoms. The first kappa shape index (κ1) is 11.6. The van der Waals surface area contributed by atoms with Gasteiger partial charge in [0.15, 0.2) is 0 Å². The largest absolute Gasteiger partial charge is 0.394 e. The van der Waals surface area contributed by atoms with Crippen molar-refractivity contribution >= 4 is 0 Å². The van der Waals surface area contributed by atoms with Crippen LogP contribution in [-0.4, -0.2) is 31.5 Å². The summed E-state index contributed by atoms with van der Waals surface area (Å²) in [6, 6.07) is 0. The van der Waals surface area contributed by atoms with Gasteiger partial charge >= 0.3 is 0 Å². The van der Waals surface area contributed by atoms with E-state index in [0.717, 1.165) is 0 Å². The summed E-state index contributed by atoms with van der Waals surface area (Å²) >= 11 is 0. The summed E-state index contributed by atoms with van der Waals surface area (Å²) in [6.45, 7) is 5.55. The Kier molecular flexibility index (Phi) is 20.3. The lowest BCUT2D eigenvalue weighted by molar-refractivity contribution is 0.0976. The average Bonchev–Trinajstić information content (AvgIpc) is 1.94. The molecule has 58 valence electrons. The third kappa shape index (κ3) is 18.1. The minimum atomic E-state index is 0.0833. The van der Waals surface area contributed by atoms with E-state index in [1.54, 1.807) is 0 Å². The van der Waals surface area contributed by atoms with Crippen LogP contribution in [0.3, 0.4) is 0 Å². The third-order valence-corrected chi connectivity index (χ3v) is 0.498. The van der Waals surface area contributed by atoms with E-state index < -0.39 is 0 Å². The second kappa shape index (κ2) is 15.7. The summed E-state index contributed by atoms with van der Waals surface area (Å²) in [5, 5.41) is 8.13. The van der Waals surface area contributed by atoms with Crippen LogP contribution in [0.1, 0.15) is 13.8 Å².